The van der Waals surface area contributed by atoms with Crippen molar-refractivity contribution in [1.29, 1.82) is 0 Å². The molecule has 2 aromatic carbocycles. The number of carbonyl (C=O) groups is 1. The van der Waals surface area contributed by atoms with Crippen molar-refractivity contribution < 1.29 is 22.3 Å². The minimum absolute atomic E-state index is 0.269. The lowest BCUT2D eigenvalue weighted by Gasteiger charge is -2.29. The van der Waals surface area contributed by atoms with Crippen LogP contribution in [0, 0.1) is 19.7 Å². The Morgan fingerprint density at radius 2 is 1.72 bits per heavy atom. The number of carbonyl (C=O) groups excluding carboxylic acids is 1. The van der Waals surface area contributed by atoms with Gasteiger partial charge in [-0.3, -0.25) is 0 Å². The molecule has 0 aliphatic carbocycles. The van der Waals surface area contributed by atoms with Gasteiger partial charge in [0.1, 0.15) is 5.82 Å². The lowest BCUT2D eigenvalue weighted by atomic mass is 10.1. The maximum absolute atomic E-state index is 13.7. The summed E-state index contributed by atoms with van der Waals surface area (Å²) in [4.78, 5) is 12.8. The Hall–Kier alpha value is -2.67. The zero-order valence-electron chi connectivity index (χ0n) is 13.9. The molecule has 1 heterocycles. The van der Waals surface area contributed by atoms with Crippen molar-refractivity contribution >= 4 is 27.2 Å². The second-order valence-electron chi connectivity index (χ2n) is 5.82. The number of aryl methyl sites for hydroxylation is 2. The molecule has 0 bridgehead atoms. The molecule has 1 aliphatic heterocycles. The number of nitrogens with zero attached hydrogens (tertiary/aromatic N) is 1. The maximum atomic E-state index is 13.7. The van der Waals surface area contributed by atoms with Crippen LogP contribution in [0.4, 0.5) is 15.8 Å². The normalized spacial score (nSPS) is 15.4. The first-order chi connectivity index (χ1) is 11.7. The van der Waals surface area contributed by atoms with Gasteiger partial charge in [-0.25, -0.2) is 17.6 Å². The summed E-state index contributed by atoms with van der Waals surface area (Å²) in [5.41, 5.74) is 2.89. The maximum Gasteiger partial charge on any atom is 0.351 e. The van der Waals surface area contributed by atoms with E-state index in [4.69, 9.17) is 0 Å². The van der Waals surface area contributed by atoms with E-state index in [1.165, 1.54) is 18.3 Å². The summed E-state index contributed by atoms with van der Waals surface area (Å²) in [6.45, 7) is 3.82. The van der Waals surface area contributed by atoms with Gasteiger partial charge in [-0.05, 0) is 55.3 Å². The number of hydrogen-bond donors (Lipinski definition) is 0. The molecule has 0 saturated heterocycles. The molecule has 0 unspecified atom stereocenters. The molecule has 0 amide bonds. The quantitative estimate of drug-likeness (QED) is 0.768. The highest BCUT2D eigenvalue weighted by atomic mass is 32.2. The molecule has 1 aliphatic rings. The van der Waals surface area contributed by atoms with Crippen LogP contribution in [0.3, 0.4) is 0 Å². The number of halogens is 1. The van der Waals surface area contributed by atoms with Gasteiger partial charge in [-0.2, -0.15) is 0 Å². The van der Waals surface area contributed by atoms with Crippen LogP contribution in [-0.4, -0.2) is 21.5 Å². The summed E-state index contributed by atoms with van der Waals surface area (Å²) in [6.07, 6.45) is 1.22. The summed E-state index contributed by atoms with van der Waals surface area (Å²) in [5.74, 6) is -1.70. The molecule has 0 spiro atoms. The van der Waals surface area contributed by atoms with Crippen LogP contribution in [0.2, 0.25) is 0 Å². The fourth-order valence-electron chi connectivity index (χ4n) is 2.84. The molecule has 0 atom stereocenters. The Kier molecular flexibility index (Phi) is 4.12. The van der Waals surface area contributed by atoms with E-state index in [0.29, 0.717) is 5.69 Å². The fourth-order valence-corrected chi connectivity index (χ4v) is 4.34. The second kappa shape index (κ2) is 6.00. The number of ether oxygens (including phenoxy) is 1. The van der Waals surface area contributed by atoms with Gasteiger partial charge in [0.15, 0.2) is 4.91 Å². The first-order valence-corrected chi connectivity index (χ1v) is 8.94. The first kappa shape index (κ1) is 17.2. The van der Waals surface area contributed by atoms with Crippen molar-refractivity contribution in [2.75, 3.05) is 12.0 Å². The van der Waals surface area contributed by atoms with Crippen LogP contribution >= 0.6 is 0 Å². The van der Waals surface area contributed by atoms with E-state index >= 15 is 0 Å². The number of benzene rings is 2. The average Bonchev–Trinajstić information content (AvgIpc) is 2.54. The molecule has 0 aromatic heterocycles. The molecule has 7 heteroatoms. The monoisotopic (exact) mass is 361 g/mol. The van der Waals surface area contributed by atoms with E-state index in [-0.39, 0.29) is 10.6 Å². The lowest BCUT2D eigenvalue weighted by molar-refractivity contribution is -0.135. The Balaban J connectivity index is 2.32. The summed E-state index contributed by atoms with van der Waals surface area (Å²) >= 11 is 0. The Morgan fingerprint density at radius 1 is 1.08 bits per heavy atom. The molecule has 0 saturated carbocycles. The number of esters is 1. The Bertz CT molecular complexity index is 991. The third-order valence-corrected chi connectivity index (χ3v) is 5.64. The highest BCUT2D eigenvalue weighted by Gasteiger charge is 2.37. The predicted octanol–water partition coefficient (Wildman–Crippen LogP) is 3.38. The largest absolute Gasteiger partial charge is 0.465 e. The Labute approximate surface area is 145 Å². The summed E-state index contributed by atoms with van der Waals surface area (Å²) in [5, 5.41) is 0. The predicted molar refractivity (Wildman–Crippen MR) is 91.7 cm³/mol. The van der Waals surface area contributed by atoms with Crippen LogP contribution in [0.1, 0.15) is 11.1 Å². The number of anilines is 2. The standard InChI is InChI=1S/C18H16FNO4S/c1-11-6-12(2)8-14(7-11)20-10-17(18(21)24-3)25(22,23)16-9-13(19)4-5-15(16)20/h4-10H,1-3H3. The number of fused-ring (bicyclic) bond motifs is 1. The van der Waals surface area contributed by atoms with Crippen molar-refractivity contribution in [1.82, 2.24) is 0 Å². The molecular formula is C18H16FNO4S. The SMILES string of the molecule is COC(=O)C1=CN(c2cc(C)cc(C)c2)c2ccc(F)cc2S1(=O)=O. The van der Waals surface area contributed by atoms with Gasteiger partial charge in [0.2, 0.25) is 9.84 Å². The van der Waals surface area contributed by atoms with E-state index in [1.54, 1.807) is 4.90 Å². The molecule has 130 valence electrons. The van der Waals surface area contributed by atoms with Crippen LogP contribution in [0.5, 0.6) is 0 Å². The number of hydrogen-bond acceptors (Lipinski definition) is 5. The van der Waals surface area contributed by atoms with Gasteiger partial charge < -0.3 is 9.64 Å². The van der Waals surface area contributed by atoms with E-state index < -0.39 is 26.5 Å². The number of methoxy groups -OCH3 is 1. The summed E-state index contributed by atoms with van der Waals surface area (Å²) in [6, 6.07) is 9.15. The summed E-state index contributed by atoms with van der Waals surface area (Å²) in [7, 11) is -3.07. The number of sulfone groups is 1. The highest BCUT2D eigenvalue weighted by molar-refractivity contribution is 7.96. The lowest BCUT2D eigenvalue weighted by Crippen LogP contribution is -2.26. The van der Waals surface area contributed by atoms with Gasteiger partial charge in [-0.1, -0.05) is 6.07 Å². The minimum Gasteiger partial charge on any atom is -0.465 e. The van der Waals surface area contributed by atoms with Crippen LogP contribution in [0.15, 0.2) is 52.4 Å². The minimum atomic E-state index is -4.17. The van der Waals surface area contributed by atoms with Gasteiger partial charge in [0.05, 0.1) is 17.7 Å². The fraction of sp³-hybridized carbons (Fsp3) is 0.167. The number of rotatable bonds is 2. The highest BCUT2D eigenvalue weighted by Crippen LogP contribution is 2.40. The summed E-state index contributed by atoms with van der Waals surface area (Å²) < 4.78 is 43.7. The topological polar surface area (TPSA) is 63.7 Å². The molecular weight excluding hydrogens is 345 g/mol. The van der Waals surface area contributed by atoms with Crippen LogP contribution in [-0.2, 0) is 19.4 Å². The van der Waals surface area contributed by atoms with E-state index in [0.717, 1.165) is 24.3 Å². The molecule has 25 heavy (non-hydrogen) atoms. The van der Waals surface area contributed by atoms with Crippen molar-refractivity contribution in [3.05, 3.63) is 64.4 Å². The van der Waals surface area contributed by atoms with Crippen LogP contribution < -0.4 is 4.90 Å². The van der Waals surface area contributed by atoms with Crippen molar-refractivity contribution in [2.24, 2.45) is 0 Å². The van der Waals surface area contributed by atoms with Crippen molar-refractivity contribution in [2.45, 2.75) is 18.7 Å². The van der Waals surface area contributed by atoms with E-state index in [2.05, 4.69) is 4.74 Å². The van der Waals surface area contributed by atoms with Gasteiger partial charge >= 0.3 is 5.97 Å². The zero-order valence-corrected chi connectivity index (χ0v) is 14.7. The molecule has 0 radical (unpaired) electrons. The third-order valence-electron chi connectivity index (χ3n) is 3.88. The zero-order chi connectivity index (χ0) is 18.4. The average molecular weight is 361 g/mol. The molecule has 0 fully saturated rings. The molecule has 0 N–H and O–H groups in total. The van der Waals surface area contributed by atoms with E-state index in [9.17, 15) is 17.6 Å². The smallest absolute Gasteiger partial charge is 0.351 e. The molecule has 3 rings (SSSR count). The Morgan fingerprint density at radius 3 is 2.32 bits per heavy atom. The van der Waals surface area contributed by atoms with Crippen molar-refractivity contribution in [3.63, 3.8) is 0 Å². The van der Waals surface area contributed by atoms with Crippen LogP contribution in [0.25, 0.3) is 0 Å². The van der Waals surface area contributed by atoms with Gasteiger partial charge in [0, 0.05) is 11.9 Å². The molecule has 2 aromatic rings. The first-order valence-electron chi connectivity index (χ1n) is 7.46. The van der Waals surface area contributed by atoms with Gasteiger partial charge in [-0.15, -0.1) is 0 Å². The van der Waals surface area contributed by atoms with E-state index in [1.807, 2.05) is 32.0 Å². The second-order valence-corrected chi connectivity index (χ2v) is 7.70. The van der Waals surface area contributed by atoms with Crippen molar-refractivity contribution in [3.8, 4) is 0 Å². The molecule has 5 nitrogen and oxygen atoms in total. The van der Waals surface area contributed by atoms with Gasteiger partial charge in [0.25, 0.3) is 0 Å². The third kappa shape index (κ3) is 2.91.